The fraction of sp³-hybridized carbons (Fsp3) is 0.403. The summed E-state index contributed by atoms with van der Waals surface area (Å²) in [5, 5.41) is 70.7. The number of rotatable bonds is 47. The van der Waals surface area contributed by atoms with Crippen molar-refractivity contribution in [1.82, 2.24) is 79.1 Å². The summed E-state index contributed by atoms with van der Waals surface area (Å²) in [6.45, 7) is 3.92. The Labute approximate surface area is 652 Å². The van der Waals surface area contributed by atoms with Gasteiger partial charge in [0.15, 0.2) is 11.9 Å². The minimum absolute atomic E-state index is 0.00311. The van der Waals surface area contributed by atoms with E-state index in [1.54, 1.807) is 117 Å². The quantitative estimate of drug-likeness (QED) is 0.0112. The molecule has 0 saturated carbocycles. The van der Waals surface area contributed by atoms with Gasteiger partial charge in [0.25, 0.3) is 0 Å². The highest BCUT2D eigenvalue weighted by molar-refractivity contribution is 6.00. The smallest absolute Gasteiger partial charge is 0.305 e. The first-order valence-corrected chi connectivity index (χ1v) is 36.9. The molecule has 10 atom stereocenters. The summed E-state index contributed by atoms with van der Waals surface area (Å²) in [5.74, 6) is -13.8. The minimum Gasteiger partial charge on any atom is -0.508 e. The van der Waals surface area contributed by atoms with E-state index in [4.69, 9.17) is 33.8 Å². The number of carboxylic acid groups (broad SMARTS) is 1. The molecule has 0 bridgehead atoms. The number of carbonyl (C=O) groups excluding carboxylic acids is 12. The van der Waals surface area contributed by atoms with Gasteiger partial charge in [0, 0.05) is 50.7 Å². The Kier molecular flexibility index (Phi) is 36.1. The van der Waals surface area contributed by atoms with Crippen molar-refractivity contribution in [3.63, 3.8) is 0 Å². The second-order valence-electron chi connectivity index (χ2n) is 27.4. The molecule has 606 valence electrons. The molecule has 0 aliphatic heterocycles. The number of nitrogens with one attached hydrogen (secondary N) is 16. The molecule has 36 heteroatoms. The predicted molar refractivity (Wildman–Crippen MR) is 418 cm³/mol. The molecular weight excluding hydrogens is 1460 g/mol. The Bertz CT molecular complexity index is 4230. The van der Waals surface area contributed by atoms with Gasteiger partial charge in [-0.2, -0.15) is 0 Å². The Morgan fingerprint density at radius 3 is 1.37 bits per heavy atom. The first-order chi connectivity index (χ1) is 53.9. The molecule has 36 nitrogen and oxygen atoms in total. The number of carboxylic acids is 1. The second-order valence-corrected chi connectivity index (χ2v) is 27.4. The van der Waals surface area contributed by atoms with E-state index in [-0.39, 0.29) is 83.0 Å². The number of nitrogens with two attached hydrogens (primary N) is 4. The van der Waals surface area contributed by atoms with Crippen molar-refractivity contribution in [2.24, 2.45) is 28.9 Å². The zero-order valence-electron chi connectivity index (χ0n) is 63.1. The largest absolute Gasteiger partial charge is 0.508 e. The van der Waals surface area contributed by atoms with Crippen molar-refractivity contribution in [1.29, 1.82) is 10.8 Å². The number of amides is 12. The second kappa shape index (κ2) is 45.8. The maximum absolute atomic E-state index is 15.2. The van der Waals surface area contributed by atoms with Gasteiger partial charge in [0.1, 0.15) is 60.1 Å². The first-order valence-electron chi connectivity index (χ1n) is 36.9. The molecule has 2 unspecified atom stereocenters. The van der Waals surface area contributed by atoms with Crippen molar-refractivity contribution < 1.29 is 72.5 Å². The van der Waals surface area contributed by atoms with Crippen LogP contribution in [0.2, 0.25) is 0 Å². The van der Waals surface area contributed by atoms with Gasteiger partial charge in [0.2, 0.25) is 70.9 Å². The van der Waals surface area contributed by atoms with E-state index in [1.807, 2.05) is 19.1 Å². The van der Waals surface area contributed by atoms with Crippen molar-refractivity contribution >= 4 is 99.5 Å². The number of phenolic OH excluding ortho intramolecular Hbond substituents is 1. The molecule has 0 spiro atoms. The van der Waals surface area contributed by atoms with Crippen molar-refractivity contribution in [3.05, 3.63) is 168 Å². The topological polar surface area (TPSA) is 599 Å². The van der Waals surface area contributed by atoms with E-state index in [2.05, 4.69) is 79.1 Å². The Balaban J connectivity index is 1.26. The number of imidazole rings is 1. The van der Waals surface area contributed by atoms with Crippen LogP contribution in [0.5, 0.6) is 5.75 Å². The first kappa shape index (κ1) is 88.9. The number of unbranched alkanes of at least 4 members (excludes halogenated alkanes) is 1. The van der Waals surface area contributed by atoms with E-state index in [1.165, 1.54) is 24.7 Å². The van der Waals surface area contributed by atoms with E-state index in [0.717, 1.165) is 5.39 Å². The van der Waals surface area contributed by atoms with Gasteiger partial charge in [0.05, 0.1) is 31.9 Å². The van der Waals surface area contributed by atoms with Gasteiger partial charge >= 0.3 is 5.97 Å². The third-order valence-corrected chi connectivity index (χ3v) is 17.9. The number of H-pyrrole nitrogens is 1. The molecule has 12 amide bonds. The normalized spacial score (nSPS) is 13.6. The van der Waals surface area contributed by atoms with Crippen LogP contribution < -0.4 is 92.1 Å². The fourth-order valence-electron chi connectivity index (χ4n) is 11.9. The van der Waals surface area contributed by atoms with Gasteiger partial charge < -0.3 is 107 Å². The zero-order valence-corrected chi connectivity index (χ0v) is 63.1. The van der Waals surface area contributed by atoms with Crippen LogP contribution in [0.25, 0.3) is 10.8 Å². The lowest BCUT2D eigenvalue weighted by atomic mass is 9.99. The number of aliphatic carboxylic acids is 1. The molecule has 113 heavy (non-hydrogen) atoms. The number of fused-ring (bicyclic) bond motifs is 1. The number of aromatic nitrogens is 2. The van der Waals surface area contributed by atoms with E-state index in [9.17, 15) is 58.2 Å². The summed E-state index contributed by atoms with van der Waals surface area (Å²) in [6.07, 6.45) is 1.60. The number of aromatic hydroxyl groups is 1. The SMILES string of the molecule is CCCC[C@H](NC(=O)[C@@H](NC(=O)[C@@H](N)Cc1ccc(O)cc1)C(C)C)C(=O)NCC(=O)N[C@@H](Cc1cnc[nH]1)C(=O)N[C@H](Cc1ccccc1)C(=O)NC(CCCNC(=N)N)C(=O)N[C@H](Cc1ccc2ccccc2c1)C(=O)N[C@@H](CC(=O)O)C(=O)N[C@@H](CCCNC(=N)N)C(=O)NC(Cc1ccccc1)C(=O)NCC(N)=O. The summed E-state index contributed by atoms with van der Waals surface area (Å²) < 4.78 is 0. The minimum atomic E-state index is -1.98. The Morgan fingerprint density at radius 2 is 0.867 bits per heavy atom. The van der Waals surface area contributed by atoms with Crippen LogP contribution in [0.4, 0.5) is 0 Å². The Morgan fingerprint density at radius 1 is 0.442 bits per heavy atom. The van der Waals surface area contributed by atoms with E-state index in [0.29, 0.717) is 46.2 Å². The maximum atomic E-state index is 15.2. The number of benzene rings is 5. The average molecular weight is 1560 g/mol. The molecule has 0 saturated heterocycles. The fourth-order valence-corrected chi connectivity index (χ4v) is 11.9. The van der Waals surface area contributed by atoms with Crippen molar-refractivity contribution in [2.45, 2.75) is 165 Å². The predicted octanol–water partition coefficient (Wildman–Crippen LogP) is -1.96. The lowest BCUT2D eigenvalue weighted by Gasteiger charge is -2.28. The summed E-state index contributed by atoms with van der Waals surface area (Å²) >= 11 is 0. The number of carbonyl (C=O) groups is 13. The molecule has 6 rings (SSSR count). The van der Waals surface area contributed by atoms with Crippen molar-refractivity contribution in [3.8, 4) is 5.75 Å². The van der Waals surface area contributed by atoms with Crippen LogP contribution >= 0.6 is 0 Å². The van der Waals surface area contributed by atoms with Crippen LogP contribution in [0.3, 0.4) is 0 Å². The lowest BCUT2D eigenvalue weighted by molar-refractivity contribution is -0.141. The van der Waals surface area contributed by atoms with Crippen LogP contribution in [0.1, 0.15) is 100 Å². The molecule has 0 radical (unpaired) electrons. The van der Waals surface area contributed by atoms with Crippen LogP contribution in [-0.4, -0.2) is 196 Å². The maximum Gasteiger partial charge on any atom is 0.305 e. The summed E-state index contributed by atoms with van der Waals surface area (Å²) in [5.41, 5.74) is 25.2. The number of aromatic amines is 1. The number of hydrogen-bond donors (Lipinski definition) is 22. The van der Waals surface area contributed by atoms with Gasteiger partial charge in [-0.15, -0.1) is 0 Å². The zero-order chi connectivity index (χ0) is 82.5. The van der Waals surface area contributed by atoms with Crippen LogP contribution in [0, 0.1) is 16.7 Å². The molecule has 26 N–H and O–H groups in total. The third-order valence-electron chi connectivity index (χ3n) is 17.9. The molecule has 0 fully saturated rings. The number of hydrogen-bond acceptors (Lipinski definition) is 18. The molecule has 5 aromatic carbocycles. The number of phenols is 1. The highest BCUT2D eigenvalue weighted by Crippen LogP contribution is 2.19. The molecule has 0 aliphatic rings. The highest BCUT2D eigenvalue weighted by atomic mass is 16.4. The van der Waals surface area contributed by atoms with Crippen molar-refractivity contribution in [2.75, 3.05) is 26.2 Å². The molecule has 1 aromatic heterocycles. The summed E-state index contributed by atoms with van der Waals surface area (Å²) in [4.78, 5) is 189. The monoisotopic (exact) mass is 1560 g/mol. The van der Waals surface area contributed by atoms with E-state index < -0.39 is 175 Å². The Hall–Kier alpha value is -13.0. The molecule has 1 heterocycles. The van der Waals surface area contributed by atoms with E-state index >= 15 is 14.4 Å². The molecule has 6 aromatic rings. The van der Waals surface area contributed by atoms with Gasteiger partial charge in [-0.05, 0) is 89.6 Å². The molecular formula is C77H103N21O15. The standard InChI is InChI=1S/C77H103N21O15/c1-4-5-22-54(93-75(113)65(44(2)3)98-66(104)53(78)34-47-26-29-52(99)30-27-47)67(105)88-42-63(101)90-60(38-51-40-84-43-89-51)73(111)96-58(36-46-18-10-7-11-19-46)71(109)91-56(24-15-32-86-77(82)83)70(108)95-59(37-48-25-28-49-20-12-13-21-50(49)33-48)72(110)97-61(39-64(102)103)74(112)92-55(23-14-31-85-76(80)81)69(107)94-57(68(106)87-41-62(79)100)35-45-16-8-6-9-17-45/h6-13,16-21,25-30,33,40,43-44,53-61,65,99H,4-5,14-15,22-24,31-32,34-39,41-42,78H2,1-3H3,(H2,79,100)(H,84,89)(H,87,106)(H,88,105)(H,90,101)(H,91,109)(H,92,112)(H,93,113)(H,94,107)(H,95,108)(H,96,111)(H,97,110)(H,98,104)(H,102,103)(H4,80,81,85)(H4,82,83,86)/t53-,54-,55-,56?,57?,58+,59+,60-,61-,65-/m0/s1. The van der Waals surface area contributed by atoms with Gasteiger partial charge in [-0.3, -0.25) is 73.1 Å². The number of guanidine groups is 2. The summed E-state index contributed by atoms with van der Waals surface area (Å²) in [6, 6.07) is 20.7. The van der Waals surface area contributed by atoms with Crippen LogP contribution in [-0.2, 0) is 94.4 Å². The lowest BCUT2D eigenvalue weighted by Crippen LogP contribution is -2.61. The van der Waals surface area contributed by atoms with Gasteiger partial charge in [-0.1, -0.05) is 149 Å². The third kappa shape index (κ3) is 31.5. The van der Waals surface area contributed by atoms with Crippen LogP contribution in [0.15, 0.2) is 140 Å². The molecule has 0 aliphatic carbocycles. The number of nitrogens with zero attached hydrogens (tertiary/aromatic N) is 1. The highest BCUT2D eigenvalue weighted by Gasteiger charge is 2.37. The summed E-state index contributed by atoms with van der Waals surface area (Å²) in [7, 11) is 0. The van der Waals surface area contributed by atoms with Gasteiger partial charge in [-0.25, -0.2) is 4.98 Å². The number of primary amides is 1. The average Bonchev–Trinajstić information content (AvgIpc) is 1.07.